The fourth-order valence-electron chi connectivity index (χ4n) is 1.27. The van der Waals surface area contributed by atoms with Crippen molar-refractivity contribution in [1.82, 2.24) is 4.98 Å². The van der Waals surface area contributed by atoms with E-state index in [0.29, 0.717) is 0 Å². The second kappa shape index (κ2) is 3.49. The summed E-state index contributed by atoms with van der Waals surface area (Å²) >= 11 is 2.24. The lowest BCUT2D eigenvalue weighted by Crippen LogP contribution is -1.86. The molecule has 0 fully saturated rings. The van der Waals surface area contributed by atoms with E-state index in [0.717, 1.165) is 20.2 Å². The van der Waals surface area contributed by atoms with Crippen LogP contribution in [0.25, 0.3) is 10.9 Å². The number of nitrogens with zero attached hydrogens (tertiary/aromatic N) is 1. The van der Waals surface area contributed by atoms with Gasteiger partial charge < -0.3 is 4.74 Å². The zero-order chi connectivity index (χ0) is 9.26. The van der Waals surface area contributed by atoms with Gasteiger partial charge in [-0.25, -0.2) is 0 Å². The van der Waals surface area contributed by atoms with Crippen molar-refractivity contribution < 1.29 is 4.74 Å². The van der Waals surface area contributed by atoms with Gasteiger partial charge in [-0.1, -0.05) is 6.07 Å². The molecule has 0 saturated carbocycles. The van der Waals surface area contributed by atoms with Gasteiger partial charge in [0.2, 0.25) is 0 Å². The van der Waals surface area contributed by atoms with Crippen LogP contribution in [0, 0.1) is 3.57 Å². The number of hydrogen-bond donors (Lipinski definition) is 0. The number of benzene rings is 1. The Labute approximate surface area is 90.1 Å². The van der Waals surface area contributed by atoms with Gasteiger partial charge in [-0.05, 0) is 40.8 Å². The van der Waals surface area contributed by atoms with Crippen LogP contribution >= 0.6 is 22.6 Å². The van der Waals surface area contributed by atoms with E-state index in [9.17, 15) is 0 Å². The lowest BCUT2D eigenvalue weighted by Gasteiger charge is -2.03. The van der Waals surface area contributed by atoms with Gasteiger partial charge in [0.1, 0.15) is 5.75 Å². The Bertz CT molecular complexity index is 442. The molecule has 1 aromatic carbocycles. The highest BCUT2D eigenvalue weighted by Crippen LogP contribution is 2.24. The normalized spacial score (nSPS) is 10.3. The summed E-state index contributed by atoms with van der Waals surface area (Å²) in [5.74, 6) is 0.878. The van der Waals surface area contributed by atoms with E-state index < -0.39 is 0 Å². The number of pyridine rings is 1. The van der Waals surface area contributed by atoms with E-state index >= 15 is 0 Å². The van der Waals surface area contributed by atoms with E-state index in [1.54, 1.807) is 7.11 Å². The third kappa shape index (κ3) is 1.60. The fraction of sp³-hybridized carbons (Fsp3) is 0.100. The molecule has 2 aromatic rings. The molecule has 1 aromatic heterocycles. The predicted molar refractivity (Wildman–Crippen MR) is 61.0 cm³/mol. The predicted octanol–water partition coefficient (Wildman–Crippen LogP) is 2.85. The third-order valence-electron chi connectivity index (χ3n) is 1.87. The molecule has 3 heteroatoms. The lowest BCUT2D eigenvalue weighted by molar-refractivity contribution is 0.419. The van der Waals surface area contributed by atoms with Gasteiger partial charge >= 0.3 is 0 Å². The zero-order valence-electron chi connectivity index (χ0n) is 7.12. The molecule has 13 heavy (non-hydrogen) atoms. The van der Waals surface area contributed by atoms with Crippen LogP contribution < -0.4 is 4.74 Å². The van der Waals surface area contributed by atoms with Crippen LogP contribution in [0.4, 0.5) is 0 Å². The van der Waals surface area contributed by atoms with Crippen LogP contribution in [0.3, 0.4) is 0 Å². The van der Waals surface area contributed by atoms with Gasteiger partial charge in [-0.15, -0.1) is 0 Å². The van der Waals surface area contributed by atoms with E-state index in [1.807, 2.05) is 24.4 Å². The summed E-state index contributed by atoms with van der Waals surface area (Å²) in [6, 6.07) is 7.94. The Kier molecular flexibility index (Phi) is 2.35. The van der Waals surface area contributed by atoms with Gasteiger partial charge in [-0.2, -0.15) is 0 Å². The van der Waals surface area contributed by atoms with Crippen molar-refractivity contribution in [1.29, 1.82) is 0 Å². The van der Waals surface area contributed by atoms with Crippen LogP contribution in [0.5, 0.6) is 5.75 Å². The van der Waals surface area contributed by atoms with E-state index in [4.69, 9.17) is 4.74 Å². The first-order valence-electron chi connectivity index (χ1n) is 3.89. The summed E-state index contributed by atoms with van der Waals surface area (Å²) in [7, 11) is 1.68. The van der Waals surface area contributed by atoms with Crippen LogP contribution in [0.1, 0.15) is 0 Å². The van der Waals surface area contributed by atoms with E-state index in [1.165, 1.54) is 0 Å². The Morgan fingerprint density at radius 1 is 1.38 bits per heavy atom. The number of hydrogen-bond acceptors (Lipinski definition) is 2. The average Bonchev–Trinajstić information content (AvgIpc) is 2.17. The second-order valence-corrected chi connectivity index (χ2v) is 3.93. The van der Waals surface area contributed by atoms with Crippen LogP contribution in [0.15, 0.2) is 30.5 Å². The number of methoxy groups -OCH3 is 1. The summed E-state index contributed by atoms with van der Waals surface area (Å²) < 4.78 is 6.36. The van der Waals surface area contributed by atoms with Crippen molar-refractivity contribution in [2.24, 2.45) is 0 Å². The van der Waals surface area contributed by atoms with Crippen molar-refractivity contribution in [2.75, 3.05) is 7.11 Å². The summed E-state index contributed by atoms with van der Waals surface area (Å²) in [6.45, 7) is 0. The largest absolute Gasteiger partial charge is 0.496 e. The minimum atomic E-state index is 0.878. The second-order valence-electron chi connectivity index (χ2n) is 2.68. The number of fused-ring (bicyclic) bond motifs is 1. The highest BCUT2D eigenvalue weighted by Gasteiger charge is 2.01. The standard InChI is InChI=1S/C10H8INO/c1-13-10-4-2-3-9-8(10)5-7(11)6-12-9/h2-6H,1H3. The van der Waals surface area contributed by atoms with Gasteiger partial charge in [-0.3, -0.25) is 4.98 Å². The first-order chi connectivity index (χ1) is 6.31. The van der Waals surface area contributed by atoms with Gasteiger partial charge in [0, 0.05) is 15.2 Å². The van der Waals surface area contributed by atoms with Crippen LogP contribution in [-0.2, 0) is 0 Å². The molecule has 0 spiro atoms. The molecule has 2 rings (SSSR count). The first kappa shape index (κ1) is 8.74. The number of rotatable bonds is 1. The van der Waals surface area contributed by atoms with Crippen molar-refractivity contribution in [3.05, 3.63) is 34.0 Å². The summed E-state index contributed by atoms with van der Waals surface area (Å²) in [6.07, 6.45) is 1.85. The molecule has 0 atom stereocenters. The minimum Gasteiger partial charge on any atom is -0.496 e. The molecule has 0 amide bonds. The molecule has 0 aliphatic rings. The smallest absolute Gasteiger partial charge is 0.128 e. The summed E-state index contributed by atoms with van der Waals surface area (Å²) in [5.41, 5.74) is 0.972. The van der Waals surface area contributed by atoms with E-state index in [-0.39, 0.29) is 0 Å². The molecule has 0 aliphatic carbocycles. The zero-order valence-corrected chi connectivity index (χ0v) is 9.28. The monoisotopic (exact) mass is 285 g/mol. The third-order valence-corrected chi connectivity index (χ3v) is 2.46. The van der Waals surface area contributed by atoms with Crippen molar-refractivity contribution >= 4 is 33.5 Å². The van der Waals surface area contributed by atoms with Gasteiger partial charge in [0.25, 0.3) is 0 Å². The SMILES string of the molecule is COc1cccc2ncc(I)cc12. The minimum absolute atomic E-state index is 0.878. The quantitative estimate of drug-likeness (QED) is 0.752. The highest BCUT2D eigenvalue weighted by atomic mass is 127. The van der Waals surface area contributed by atoms with Crippen molar-refractivity contribution in [3.8, 4) is 5.75 Å². The topological polar surface area (TPSA) is 22.1 Å². The number of ether oxygens (including phenoxy) is 1. The molecule has 0 bridgehead atoms. The summed E-state index contributed by atoms with van der Waals surface area (Å²) in [4.78, 5) is 4.30. The Morgan fingerprint density at radius 3 is 3.00 bits per heavy atom. The Morgan fingerprint density at radius 2 is 2.23 bits per heavy atom. The van der Waals surface area contributed by atoms with E-state index in [2.05, 4.69) is 33.6 Å². The molecule has 0 unspecified atom stereocenters. The maximum absolute atomic E-state index is 5.24. The maximum Gasteiger partial charge on any atom is 0.128 e. The number of aromatic nitrogens is 1. The van der Waals surface area contributed by atoms with Gasteiger partial charge in [0.05, 0.1) is 12.6 Å². The molecule has 2 nitrogen and oxygen atoms in total. The molecule has 1 heterocycles. The lowest BCUT2D eigenvalue weighted by atomic mass is 10.2. The van der Waals surface area contributed by atoms with Crippen LogP contribution in [0.2, 0.25) is 0 Å². The average molecular weight is 285 g/mol. The molecule has 0 N–H and O–H groups in total. The maximum atomic E-state index is 5.24. The molecule has 66 valence electrons. The molecule has 0 aliphatic heterocycles. The molecule has 0 radical (unpaired) electrons. The fourth-order valence-corrected chi connectivity index (χ4v) is 1.73. The van der Waals surface area contributed by atoms with Crippen molar-refractivity contribution in [3.63, 3.8) is 0 Å². The molecular weight excluding hydrogens is 277 g/mol. The molecule has 0 saturated heterocycles. The Balaban J connectivity index is 2.79. The van der Waals surface area contributed by atoms with Crippen molar-refractivity contribution in [2.45, 2.75) is 0 Å². The van der Waals surface area contributed by atoms with Gasteiger partial charge in [0.15, 0.2) is 0 Å². The highest BCUT2D eigenvalue weighted by molar-refractivity contribution is 14.1. The number of halogens is 1. The Hall–Kier alpha value is -0.840. The first-order valence-corrected chi connectivity index (χ1v) is 4.97. The molecular formula is C10H8INO. The van der Waals surface area contributed by atoms with Crippen LogP contribution in [-0.4, -0.2) is 12.1 Å². The summed E-state index contributed by atoms with van der Waals surface area (Å²) in [5, 5.41) is 1.07.